The number of morpholine rings is 1. The Morgan fingerprint density at radius 2 is 1.52 bits per heavy atom. The maximum atomic E-state index is 14.2. The molecule has 0 radical (unpaired) electrons. The lowest BCUT2D eigenvalue weighted by molar-refractivity contribution is -0.124. The van der Waals surface area contributed by atoms with Crippen molar-refractivity contribution in [2.75, 3.05) is 39.9 Å². The van der Waals surface area contributed by atoms with Crippen LogP contribution in [0.3, 0.4) is 0 Å². The van der Waals surface area contributed by atoms with Gasteiger partial charge in [-0.25, -0.2) is 9.59 Å². The van der Waals surface area contributed by atoms with Crippen LogP contribution in [-0.4, -0.2) is 95.8 Å². The zero-order valence-electron chi connectivity index (χ0n) is 29.7. The number of ether oxygens (including phenoxy) is 2. The number of carbonyl (C=O) groups is 3. The second-order valence-corrected chi connectivity index (χ2v) is 13.9. The van der Waals surface area contributed by atoms with Gasteiger partial charge in [0.2, 0.25) is 5.91 Å². The van der Waals surface area contributed by atoms with Crippen LogP contribution in [0, 0.1) is 0 Å². The number of nitrogens with one attached hydrogen (secondary N) is 3. The van der Waals surface area contributed by atoms with Crippen LogP contribution >= 0.6 is 11.3 Å². The van der Waals surface area contributed by atoms with Crippen molar-refractivity contribution in [2.45, 2.75) is 63.4 Å². The van der Waals surface area contributed by atoms with E-state index in [0.29, 0.717) is 58.4 Å². The zero-order valence-corrected chi connectivity index (χ0v) is 30.5. The van der Waals surface area contributed by atoms with E-state index in [-0.39, 0.29) is 30.6 Å². The number of amides is 4. The van der Waals surface area contributed by atoms with Gasteiger partial charge in [-0.3, -0.25) is 19.7 Å². The van der Waals surface area contributed by atoms with Crippen LogP contribution in [0.15, 0.2) is 96.8 Å². The summed E-state index contributed by atoms with van der Waals surface area (Å²) in [5, 5.41) is 9.36. The van der Waals surface area contributed by atoms with Crippen molar-refractivity contribution in [3.05, 3.63) is 118 Å². The molecule has 0 spiro atoms. The molecule has 2 aromatic heterocycles. The Morgan fingerprint density at radius 3 is 2.13 bits per heavy atom. The maximum absolute atomic E-state index is 14.2. The molecular formula is C39H49N7O5S. The predicted octanol–water partition coefficient (Wildman–Crippen LogP) is 4.82. The number of hydrogen-bond donors (Lipinski definition) is 3. The summed E-state index contributed by atoms with van der Waals surface area (Å²) in [6.07, 6.45) is 5.67. The minimum Gasteiger partial charge on any atom is -0.444 e. The lowest BCUT2D eigenvalue weighted by atomic mass is 9.95. The van der Waals surface area contributed by atoms with Gasteiger partial charge in [-0.1, -0.05) is 66.7 Å². The highest BCUT2D eigenvalue weighted by Gasteiger charge is 2.27. The Hall–Kier alpha value is -4.85. The highest BCUT2D eigenvalue weighted by Crippen LogP contribution is 2.15. The summed E-state index contributed by atoms with van der Waals surface area (Å²) in [4.78, 5) is 53.6. The highest BCUT2D eigenvalue weighted by atomic mass is 32.1. The molecule has 0 aliphatic carbocycles. The van der Waals surface area contributed by atoms with E-state index >= 15 is 0 Å². The number of benzene rings is 2. The molecule has 0 bridgehead atoms. The Morgan fingerprint density at radius 1 is 0.865 bits per heavy atom. The van der Waals surface area contributed by atoms with E-state index in [0.717, 1.165) is 34.8 Å². The average molecular weight is 728 g/mol. The van der Waals surface area contributed by atoms with E-state index in [1.54, 1.807) is 25.0 Å². The lowest BCUT2D eigenvalue weighted by Gasteiger charge is -2.30. The number of carbonyl (C=O) groups excluding carboxylic acids is 3. The number of pyridine rings is 1. The number of rotatable bonds is 18. The highest BCUT2D eigenvalue weighted by molar-refractivity contribution is 7.09. The lowest BCUT2D eigenvalue weighted by Crippen LogP contribution is -2.54. The molecule has 3 unspecified atom stereocenters. The van der Waals surface area contributed by atoms with E-state index in [1.807, 2.05) is 78.9 Å². The molecule has 1 fully saturated rings. The minimum absolute atomic E-state index is 0.149. The van der Waals surface area contributed by atoms with Gasteiger partial charge >= 0.3 is 12.1 Å². The van der Waals surface area contributed by atoms with Crippen molar-refractivity contribution < 1.29 is 23.9 Å². The van der Waals surface area contributed by atoms with E-state index in [4.69, 9.17) is 9.47 Å². The first-order valence-corrected chi connectivity index (χ1v) is 18.7. The fourth-order valence-electron chi connectivity index (χ4n) is 6.08. The minimum atomic E-state index is -0.764. The molecule has 52 heavy (non-hydrogen) atoms. The summed E-state index contributed by atoms with van der Waals surface area (Å²) in [5.41, 5.74) is 4.62. The summed E-state index contributed by atoms with van der Waals surface area (Å²) in [6.45, 7) is 3.95. The standard InChI is InChI=1S/C39H49N7O5S/c1-45(27-34-14-8-9-18-41-34)38(48)44-36(17-19-46-20-22-50-23-21-46)37(47)42-32(24-30-10-4-2-5-11-30)15-16-33(25-31-12-6-3-7-13-31)43-39(49)51-28-35-26-40-29-52-35/h2-14,18,26,29,32-33,36H,15-17,19-25,27-28H2,1H3,(H,42,47)(H,43,49)(H,44,48). The topological polar surface area (TPSA) is 138 Å². The number of urea groups is 1. The Kier molecular flexibility index (Phi) is 15.4. The molecule has 1 saturated heterocycles. The van der Waals surface area contributed by atoms with Crippen LogP contribution < -0.4 is 16.0 Å². The van der Waals surface area contributed by atoms with Crippen LogP contribution in [-0.2, 0) is 40.3 Å². The first kappa shape index (κ1) is 38.4. The molecule has 1 aliphatic heterocycles. The first-order valence-electron chi connectivity index (χ1n) is 17.8. The third kappa shape index (κ3) is 13.4. The molecule has 13 heteroatoms. The molecule has 3 N–H and O–H groups in total. The number of alkyl carbamates (subject to hydrolysis) is 1. The molecule has 4 aromatic rings. The van der Waals surface area contributed by atoms with E-state index in [1.165, 1.54) is 16.2 Å². The monoisotopic (exact) mass is 727 g/mol. The summed E-state index contributed by atoms with van der Waals surface area (Å²) in [7, 11) is 1.70. The largest absolute Gasteiger partial charge is 0.444 e. The fourth-order valence-corrected chi connectivity index (χ4v) is 6.59. The van der Waals surface area contributed by atoms with E-state index in [9.17, 15) is 14.4 Å². The summed E-state index contributed by atoms with van der Waals surface area (Å²) < 4.78 is 11.0. The predicted molar refractivity (Wildman–Crippen MR) is 201 cm³/mol. The summed E-state index contributed by atoms with van der Waals surface area (Å²) in [6, 6.07) is 23.9. The number of aromatic nitrogens is 2. The van der Waals surface area contributed by atoms with Crippen molar-refractivity contribution in [3.63, 3.8) is 0 Å². The van der Waals surface area contributed by atoms with Crippen molar-refractivity contribution in [1.82, 2.24) is 35.7 Å². The molecule has 0 saturated carbocycles. The maximum Gasteiger partial charge on any atom is 0.407 e. The molecule has 5 rings (SSSR count). The van der Waals surface area contributed by atoms with Crippen LogP contribution in [0.25, 0.3) is 0 Å². The van der Waals surface area contributed by atoms with E-state index < -0.39 is 12.1 Å². The molecule has 3 atom stereocenters. The molecule has 12 nitrogen and oxygen atoms in total. The van der Waals surface area contributed by atoms with Gasteiger partial charge in [-0.2, -0.15) is 0 Å². The Bertz CT molecular complexity index is 1630. The normalized spacial score (nSPS) is 14.8. The SMILES string of the molecule is CN(Cc1ccccn1)C(=O)NC(CCN1CCOCC1)C(=O)NC(CCC(Cc1ccccc1)NC(=O)OCc1cncs1)Cc1ccccc1. The van der Waals surface area contributed by atoms with Crippen molar-refractivity contribution in [2.24, 2.45) is 0 Å². The third-order valence-corrected chi connectivity index (χ3v) is 9.69. The quantitative estimate of drug-likeness (QED) is 0.133. The molecule has 276 valence electrons. The van der Waals surface area contributed by atoms with Crippen molar-refractivity contribution in [1.29, 1.82) is 0 Å². The van der Waals surface area contributed by atoms with E-state index in [2.05, 4.69) is 30.8 Å². The summed E-state index contributed by atoms with van der Waals surface area (Å²) in [5.74, 6) is -0.245. The summed E-state index contributed by atoms with van der Waals surface area (Å²) >= 11 is 1.43. The molecular weight excluding hydrogens is 679 g/mol. The van der Waals surface area contributed by atoms with Gasteiger partial charge in [0.05, 0.1) is 35.8 Å². The third-order valence-electron chi connectivity index (χ3n) is 8.93. The second kappa shape index (κ2) is 20.9. The van der Waals surface area contributed by atoms with Crippen LogP contribution in [0.4, 0.5) is 9.59 Å². The molecule has 1 aliphatic rings. The molecule has 4 amide bonds. The van der Waals surface area contributed by atoms with Crippen LogP contribution in [0.2, 0.25) is 0 Å². The van der Waals surface area contributed by atoms with Crippen molar-refractivity contribution in [3.8, 4) is 0 Å². The van der Waals surface area contributed by atoms with Gasteiger partial charge in [0, 0.05) is 51.2 Å². The number of thiazole rings is 1. The van der Waals surface area contributed by atoms with Gasteiger partial charge in [0.25, 0.3) is 0 Å². The number of hydrogen-bond acceptors (Lipinski definition) is 9. The Labute approximate surface area is 309 Å². The first-order chi connectivity index (χ1) is 25.4. The molecule has 2 aromatic carbocycles. The van der Waals surface area contributed by atoms with Gasteiger partial charge in [-0.05, 0) is 55.4 Å². The van der Waals surface area contributed by atoms with Gasteiger partial charge < -0.3 is 30.3 Å². The van der Waals surface area contributed by atoms with Crippen molar-refractivity contribution >= 4 is 29.4 Å². The second-order valence-electron chi connectivity index (χ2n) is 13.0. The van der Waals surface area contributed by atoms with Gasteiger partial charge in [-0.15, -0.1) is 11.3 Å². The number of nitrogens with zero attached hydrogens (tertiary/aromatic N) is 4. The van der Waals surface area contributed by atoms with Gasteiger partial charge in [0.15, 0.2) is 0 Å². The van der Waals surface area contributed by atoms with Gasteiger partial charge in [0.1, 0.15) is 12.6 Å². The zero-order chi connectivity index (χ0) is 36.4. The fraction of sp³-hybridized carbons (Fsp3) is 0.410. The van der Waals surface area contributed by atoms with Crippen LogP contribution in [0.5, 0.6) is 0 Å². The van der Waals surface area contributed by atoms with Crippen LogP contribution in [0.1, 0.15) is 41.0 Å². The molecule has 3 heterocycles. The smallest absolute Gasteiger partial charge is 0.407 e. The Balaban J connectivity index is 1.28. The average Bonchev–Trinajstić information content (AvgIpc) is 3.70.